The number of halogens is 3. The van der Waals surface area contributed by atoms with Crippen LogP contribution < -0.4 is 0 Å². The third-order valence-corrected chi connectivity index (χ3v) is 2.84. The van der Waals surface area contributed by atoms with Crippen LogP contribution in [0, 0.1) is 0 Å². The Labute approximate surface area is 98.0 Å². The van der Waals surface area contributed by atoms with Crippen LogP contribution >= 0.6 is 0 Å². The van der Waals surface area contributed by atoms with Crippen molar-refractivity contribution < 1.29 is 23.0 Å². The molecule has 0 heterocycles. The van der Waals surface area contributed by atoms with Gasteiger partial charge in [-0.05, 0) is 18.6 Å². The monoisotopic (exact) mass is 248 g/mol. The molecule has 0 aromatic heterocycles. The van der Waals surface area contributed by atoms with E-state index in [4.69, 9.17) is 9.84 Å². The minimum Gasteiger partial charge on any atom is -0.396 e. The fraction of sp³-hybridized carbons (Fsp3) is 0.500. The minimum absolute atomic E-state index is 0.0454. The molecule has 0 aliphatic carbocycles. The average Bonchev–Trinajstić information content (AvgIpc) is 2.28. The first-order valence-electron chi connectivity index (χ1n) is 5.18. The van der Waals surface area contributed by atoms with Gasteiger partial charge in [-0.1, -0.05) is 18.2 Å². The molecule has 0 aliphatic heterocycles. The highest BCUT2D eigenvalue weighted by molar-refractivity contribution is 5.34. The van der Waals surface area contributed by atoms with E-state index in [1.54, 1.807) is 0 Å². The molecular formula is C12H15F3O2. The molecule has 5 heteroatoms. The van der Waals surface area contributed by atoms with E-state index in [-0.39, 0.29) is 18.6 Å². The van der Waals surface area contributed by atoms with E-state index in [0.29, 0.717) is 0 Å². The first kappa shape index (κ1) is 14.0. The van der Waals surface area contributed by atoms with Crippen LogP contribution in [0.4, 0.5) is 13.2 Å². The number of alkyl halides is 3. The van der Waals surface area contributed by atoms with Gasteiger partial charge in [-0.15, -0.1) is 0 Å². The molecule has 0 amide bonds. The van der Waals surface area contributed by atoms with Crippen LogP contribution in [0.3, 0.4) is 0 Å². The molecule has 96 valence electrons. The molecule has 17 heavy (non-hydrogen) atoms. The Balaban J connectivity index is 3.29. The van der Waals surface area contributed by atoms with Gasteiger partial charge in [0, 0.05) is 20.1 Å². The summed E-state index contributed by atoms with van der Waals surface area (Å²) in [6, 6.07) is 5.26. The molecule has 1 atom stereocenters. The lowest BCUT2D eigenvalue weighted by Crippen LogP contribution is -2.29. The first-order valence-corrected chi connectivity index (χ1v) is 5.18. The highest BCUT2D eigenvalue weighted by Crippen LogP contribution is 2.39. The lowest BCUT2D eigenvalue weighted by atomic mass is 9.88. The lowest BCUT2D eigenvalue weighted by Gasteiger charge is -2.30. The van der Waals surface area contributed by atoms with Crippen molar-refractivity contribution in [2.45, 2.75) is 25.1 Å². The normalized spacial score (nSPS) is 15.6. The number of benzene rings is 1. The molecule has 0 aliphatic rings. The van der Waals surface area contributed by atoms with E-state index < -0.39 is 17.3 Å². The van der Waals surface area contributed by atoms with Gasteiger partial charge < -0.3 is 9.84 Å². The second-order valence-electron chi connectivity index (χ2n) is 3.95. The molecular weight excluding hydrogens is 233 g/mol. The summed E-state index contributed by atoms with van der Waals surface area (Å²) in [5.41, 5.74) is -1.82. The van der Waals surface area contributed by atoms with Crippen LogP contribution in [0.15, 0.2) is 24.3 Å². The Kier molecular flexibility index (Phi) is 4.16. The van der Waals surface area contributed by atoms with Crippen molar-refractivity contribution in [1.29, 1.82) is 0 Å². The Morgan fingerprint density at radius 2 is 1.71 bits per heavy atom. The fourth-order valence-corrected chi connectivity index (χ4v) is 1.75. The van der Waals surface area contributed by atoms with Crippen LogP contribution in [0.25, 0.3) is 0 Å². The molecule has 2 nitrogen and oxygen atoms in total. The Bertz CT molecular complexity index is 376. The maximum Gasteiger partial charge on any atom is 0.416 e. The zero-order valence-corrected chi connectivity index (χ0v) is 9.71. The zero-order chi connectivity index (χ0) is 13.1. The van der Waals surface area contributed by atoms with E-state index in [1.165, 1.54) is 32.2 Å². The van der Waals surface area contributed by atoms with Crippen molar-refractivity contribution in [3.63, 3.8) is 0 Å². The van der Waals surface area contributed by atoms with Gasteiger partial charge in [-0.3, -0.25) is 0 Å². The number of hydrogen-bond donors (Lipinski definition) is 1. The maximum atomic E-state index is 12.8. The molecule has 1 unspecified atom stereocenters. The second-order valence-corrected chi connectivity index (χ2v) is 3.95. The number of rotatable bonds is 4. The van der Waals surface area contributed by atoms with E-state index in [2.05, 4.69) is 0 Å². The second kappa shape index (κ2) is 5.06. The van der Waals surface area contributed by atoms with Crippen molar-refractivity contribution in [2.75, 3.05) is 13.7 Å². The standard InChI is InChI=1S/C12H15F3O2/c1-11(17-2,7-8-16)9-5-3-4-6-10(9)12(13,14)15/h3-6,16H,7-8H2,1-2H3. The predicted molar refractivity (Wildman–Crippen MR) is 57.5 cm³/mol. The number of aliphatic hydroxyl groups is 1. The summed E-state index contributed by atoms with van der Waals surface area (Å²) in [6.07, 6.45) is -4.32. The van der Waals surface area contributed by atoms with Crippen LogP contribution in [0.5, 0.6) is 0 Å². The molecule has 0 saturated heterocycles. The van der Waals surface area contributed by atoms with Gasteiger partial charge >= 0.3 is 6.18 Å². The molecule has 0 bridgehead atoms. The van der Waals surface area contributed by atoms with E-state index >= 15 is 0 Å². The SMILES string of the molecule is COC(C)(CCO)c1ccccc1C(F)(F)F. The van der Waals surface area contributed by atoms with Gasteiger partial charge in [0.25, 0.3) is 0 Å². The average molecular weight is 248 g/mol. The molecule has 0 fully saturated rings. The summed E-state index contributed by atoms with van der Waals surface area (Å²) in [7, 11) is 1.34. The third-order valence-electron chi connectivity index (χ3n) is 2.84. The van der Waals surface area contributed by atoms with Crippen molar-refractivity contribution in [3.05, 3.63) is 35.4 Å². The summed E-state index contributed by atoms with van der Waals surface area (Å²) < 4.78 is 43.7. The van der Waals surface area contributed by atoms with Crippen LogP contribution in [0.1, 0.15) is 24.5 Å². The van der Waals surface area contributed by atoms with Gasteiger partial charge in [-0.2, -0.15) is 13.2 Å². The van der Waals surface area contributed by atoms with E-state index in [9.17, 15) is 13.2 Å². The summed E-state index contributed by atoms with van der Waals surface area (Å²) in [5, 5.41) is 8.93. The summed E-state index contributed by atoms with van der Waals surface area (Å²) in [5.74, 6) is 0. The van der Waals surface area contributed by atoms with Gasteiger partial charge in [0.1, 0.15) is 0 Å². The fourth-order valence-electron chi connectivity index (χ4n) is 1.75. The van der Waals surface area contributed by atoms with Crippen molar-refractivity contribution in [3.8, 4) is 0 Å². The molecule has 0 saturated carbocycles. The summed E-state index contributed by atoms with van der Waals surface area (Å²) in [6.45, 7) is 1.30. The van der Waals surface area contributed by atoms with Crippen molar-refractivity contribution >= 4 is 0 Å². The quantitative estimate of drug-likeness (QED) is 0.887. The largest absolute Gasteiger partial charge is 0.416 e. The number of aliphatic hydroxyl groups excluding tert-OH is 1. The zero-order valence-electron chi connectivity index (χ0n) is 9.71. The van der Waals surface area contributed by atoms with Gasteiger partial charge in [-0.25, -0.2) is 0 Å². The Morgan fingerprint density at radius 3 is 2.12 bits per heavy atom. The number of methoxy groups -OCH3 is 1. The summed E-state index contributed by atoms with van der Waals surface area (Å²) in [4.78, 5) is 0. The van der Waals surface area contributed by atoms with Crippen molar-refractivity contribution in [2.24, 2.45) is 0 Å². The maximum absolute atomic E-state index is 12.8. The van der Waals surface area contributed by atoms with Crippen LogP contribution in [-0.4, -0.2) is 18.8 Å². The van der Waals surface area contributed by atoms with Crippen LogP contribution in [-0.2, 0) is 16.5 Å². The van der Waals surface area contributed by atoms with Gasteiger partial charge in [0.2, 0.25) is 0 Å². The lowest BCUT2D eigenvalue weighted by molar-refractivity contribution is -0.141. The molecule has 1 aromatic rings. The molecule has 1 N–H and O–H groups in total. The summed E-state index contributed by atoms with van der Waals surface area (Å²) >= 11 is 0. The van der Waals surface area contributed by atoms with Gasteiger partial charge in [0.15, 0.2) is 0 Å². The Hall–Kier alpha value is -1.07. The number of hydrogen-bond acceptors (Lipinski definition) is 2. The number of ether oxygens (including phenoxy) is 1. The minimum atomic E-state index is -4.42. The van der Waals surface area contributed by atoms with Gasteiger partial charge in [0.05, 0.1) is 11.2 Å². The molecule has 1 aromatic carbocycles. The van der Waals surface area contributed by atoms with E-state index in [1.807, 2.05) is 0 Å². The highest BCUT2D eigenvalue weighted by Gasteiger charge is 2.39. The molecule has 0 radical (unpaired) electrons. The molecule has 0 spiro atoms. The van der Waals surface area contributed by atoms with E-state index in [0.717, 1.165) is 6.07 Å². The Morgan fingerprint density at radius 1 is 1.18 bits per heavy atom. The topological polar surface area (TPSA) is 29.5 Å². The molecule has 1 rings (SSSR count). The van der Waals surface area contributed by atoms with Crippen molar-refractivity contribution in [1.82, 2.24) is 0 Å². The first-order chi connectivity index (χ1) is 7.85. The third kappa shape index (κ3) is 2.98. The smallest absolute Gasteiger partial charge is 0.396 e. The van der Waals surface area contributed by atoms with Crippen LogP contribution in [0.2, 0.25) is 0 Å². The highest BCUT2D eigenvalue weighted by atomic mass is 19.4. The predicted octanol–water partition coefficient (Wildman–Crippen LogP) is 2.95.